The Morgan fingerprint density at radius 2 is 2.15 bits per heavy atom. The van der Waals surface area contributed by atoms with Crippen LogP contribution >= 0.6 is 0 Å². The van der Waals surface area contributed by atoms with Crippen LogP contribution < -0.4 is 10.5 Å². The summed E-state index contributed by atoms with van der Waals surface area (Å²) in [5.41, 5.74) is 6.28. The second kappa shape index (κ2) is 5.63. The lowest BCUT2D eigenvalue weighted by Gasteiger charge is -2.22. The molecule has 0 aliphatic heterocycles. The largest absolute Gasteiger partial charge is 0.488 e. The molecule has 0 unspecified atom stereocenters. The van der Waals surface area contributed by atoms with Crippen molar-refractivity contribution in [2.75, 3.05) is 19.5 Å². The summed E-state index contributed by atoms with van der Waals surface area (Å²) in [4.78, 5) is 4.16. The van der Waals surface area contributed by atoms with Gasteiger partial charge in [0.2, 0.25) is 0 Å². The number of nitrogen functional groups attached to an aromatic ring is 1. The number of nitrogens with two attached hydrogens (primary N) is 1. The van der Waals surface area contributed by atoms with Gasteiger partial charge in [-0.25, -0.2) is 4.39 Å². The average Bonchev–Trinajstić information content (AvgIpc) is 2.42. The molecular formula is C15H19FN2O2. The van der Waals surface area contributed by atoms with Gasteiger partial charge in [0.25, 0.3) is 0 Å². The third-order valence-corrected chi connectivity index (χ3v) is 3.34. The highest BCUT2D eigenvalue weighted by atomic mass is 19.1. The Labute approximate surface area is 117 Å². The van der Waals surface area contributed by atoms with Crippen LogP contribution in [0.1, 0.15) is 20.3 Å². The lowest BCUT2D eigenvalue weighted by molar-refractivity contribution is 0.00526. The summed E-state index contributed by atoms with van der Waals surface area (Å²) in [6.45, 7) is 4.24. The Balaban J connectivity index is 2.26. The number of hydrogen-bond acceptors (Lipinski definition) is 4. The number of pyridine rings is 1. The Bertz CT molecular complexity index is 614. The minimum atomic E-state index is -0.496. The quantitative estimate of drug-likeness (QED) is 0.854. The van der Waals surface area contributed by atoms with Crippen LogP contribution in [0.15, 0.2) is 24.4 Å². The van der Waals surface area contributed by atoms with Gasteiger partial charge < -0.3 is 15.2 Å². The number of benzene rings is 1. The van der Waals surface area contributed by atoms with Gasteiger partial charge in [0.1, 0.15) is 5.52 Å². The van der Waals surface area contributed by atoms with Gasteiger partial charge >= 0.3 is 0 Å². The SMILES string of the molecule is COC(C)(C)CCOc1c(F)cc(N)c2cccnc12. The minimum absolute atomic E-state index is 0.140. The lowest BCUT2D eigenvalue weighted by atomic mass is 10.1. The topological polar surface area (TPSA) is 57.4 Å². The van der Waals surface area contributed by atoms with E-state index in [1.54, 1.807) is 25.4 Å². The van der Waals surface area contributed by atoms with Gasteiger partial charge in [-0.3, -0.25) is 4.98 Å². The molecule has 0 radical (unpaired) electrons. The number of methoxy groups -OCH3 is 1. The Hall–Kier alpha value is -1.88. The predicted octanol–water partition coefficient (Wildman–Crippen LogP) is 3.15. The molecule has 0 amide bonds. The number of anilines is 1. The minimum Gasteiger partial charge on any atom is -0.488 e. The molecular weight excluding hydrogens is 259 g/mol. The van der Waals surface area contributed by atoms with Crippen LogP contribution in [-0.2, 0) is 4.74 Å². The van der Waals surface area contributed by atoms with Crippen molar-refractivity contribution in [3.8, 4) is 5.75 Å². The molecule has 20 heavy (non-hydrogen) atoms. The average molecular weight is 278 g/mol. The van der Waals surface area contributed by atoms with Gasteiger partial charge in [0.05, 0.1) is 12.2 Å². The van der Waals surface area contributed by atoms with E-state index < -0.39 is 5.82 Å². The summed E-state index contributed by atoms with van der Waals surface area (Å²) in [5.74, 6) is -0.356. The van der Waals surface area contributed by atoms with Crippen LogP contribution in [0, 0.1) is 5.82 Å². The summed E-state index contributed by atoms with van der Waals surface area (Å²) >= 11 is 0. The molecule has 2 rings (SSSR count). The fourth-order valence-electron chi connectivity index (χ4n) is 1.85. The fourth-order valence-corrected chi connectivity index (χ4v) is 1.85. The van der Waals surface area contributed by atoms with Gasteiger partial charge in [0, 0.05) is 36.9 Å². The van der Waals surface area contributed by atoms with E-state index in [9.17, 15) is 4.39 Å². The summed E-state index contributed by atoms with van der Waals surface area (Å²) < 4.78 is 24.9. The second-order valence-electron chi connectivity index (χ2n) is 5.24. The molecule has 1 heterocycles. The van der Waals surface area contributed by atoms with Crippen molar-refractivity contribution in [1.82, 2.24) is 4.98 Å². The van der Waals surface area contributed by atoms with E-state index in [2.05, 4.69) is 4.98 Å². The fraction of sp³-hybridized carbons (Fsp3) is 0.400. The number of hydrogen-bond donors (Lipinski definition) is 1. The van der Waals surface area contributed by atoms with Crippen LogP contribution in [0.3, 0.4) is 0 Å². The number of halogens is 1. The number of nitrogens with zero attached hydrogens (tertiary/aromatic N) is 1. The van der Waals surface area contributed by atoms with Crippen LogP contribution in [-0.4, -0.2) is 24.3 Å². The first-order chi connectivity index (χ1) is 9.44. The standard InChI is InChI=1S/C15H19FN2O2/c1-15(2,19-3)6-8-20-14-11(16)9-12(17)10-5-4-7-18-13(10)14/h4-5,7,9H,6,8,17H2,1-3H3. The van der Waals surface area contributed by atoms with Crippen molar-refractivity contribution >= 4 is 16.6 Å². The maximum atomic E-state index is 14.0. The van der Waals surface area contributed by atoms with E-state index in [0.717, 1.165) is 0 Å². The molecule has 5 heteroatoms. The lowest BCUT2D eigenvalue weighted by Crippen LogP contribution is -2.25. The monoisotopic (exact) mass is 278 g/mol. The zero-order valence-electron chi connectivity index (χ0n) is 11.9. The molecule has 0 saturated heterocycles. The van der Waals surface area contributed by atoms with Crippen molar-refractivity contribution in [1.29, 1.82) is 0 Å². The summed E-state index contributed by atoms with van der Waals surface area (Å²) in [7, 11) is 1.64. The zero-order valence-corrected chi connectivity index (χ0v) is 11.9. The van der Waals surface area contributed by atoms with Crippen LogP contribution in [0.4, 0.5) is 10.1 Å². The second-order valence-corrected chi connectivity index (χ2v) is 5.24. The molecule has 0 aliphatic carbocycles. The van der Waals surface area contributed by atoms with Crippen molar-refractivity contribution < 1.29 is 13.9 Å². The molecule has 2 aromatic rings. The van der Waals surface area contributed by atoms with E-state index in [1.165, 1.54) is 6.07 Å². The number of ether oxygens (including phenoxy) is 2. The summed E-state index contributed by atoms with van der Waals surface area (Å²) in [5, 5.41) is 0.690. The molecule has 4 nitrogen and oxygen atoms in total. The highest BCUT2D eigenvalue weighted by Gasteiger charge is 2.18. The third kappa shape index (κ3) is 2.99. The molecule has 0 saturated carbocycles. The Kier molecular flexibility index (Phi) is 4.09. The molecule has 108 valence electrons. The first-order valence-corrected chi connectivity index (χ1v) is 6.45. The number of aromatic nitrogens is 1. The van der Waals surface area contributed by atoms with Gasteiger partial charge in [0.15, 0.2) is 11.6 Å². The first kappa shape index (κ1) is 14.5. The zero-order chi connectivity index (χ0) is 14.8. The predicted molar refractivity (Wildman–Crippen MR) is 77.3 cm³/mol. The van der Waals surface area contributed by atoms with Gasteiger partial charge in [-0.1, -0.05) is 0 Å². The van der Waals surface area contributed by atoms with E-state index >= 15 is 0 Å². The maximum absolute atomic E-state index is 14.0. The van der Waals surface area contributed by atoms with Gasteiger partial charge in [-0.15, -0.1) is 0 Å². The molecule has 0 spiro atoms. The smallest absolute Gasteiger partial charge is 0.181 e. The molecule has 1 aromatic carbocycles. The normalized spacial score (nSPS) is 11.8. The van der Waals surface area contributed by atoms with Gasteiger partial charge in [-0.2, -0.15) is 0 Å². The molecule has 0 fully saturated rings. The van der Waals surface area contributed by atoms with Crippen molar-refractivity contribution in [2.45, 2.75) is 25.9 Å². The van der Waals surface area contributed by atoms with E-state index in [4.69, 9.17) is 15.2 Å². The van der Waals surface area contributed by atoms with Gasteiger partial charge in [-0.05, 0) is 26.0 Å². The van der Waals surface area contributed by atoms with Crippen molar-refractivity contribution in [3.05, 3.63) is 30.2 Å². The highest BCUT2D eigenvalue weighted by Crippen LogP contribution is 2.31. The molecule has 0 aliphatic rings. The molecule has 2 N–H and O–H groups in total. The third-order valence-electron chi connectivity index (χ3n) is 3.34. The summed E-state index contributed by atoms with van der Waals surface area (Å²) in [6, 6.07) is 4.82. The molecule has 0 bridgehead atoms. The van der Waals surface area contributed by atoms with E-state index in [-0.39, 0.29) is 11.4 Å². The van der Waals surface area contributed by atoms with Crippen LogP contribution in [0.25, 0.3) is 10.9 Å². The van der Waals surface area contributed by atoms with E-state index in [1.807, 2.05) is 13.8 Å². The Morgan fingerprint density at radius 1 is 1.40 bits per heavy atom. The van der Waals surface area contributed by atoms with Crippen LogP contribution in [0.5, 0.6) is 5.75 Å². The van der Waals surface area contributed by atoms with Crippen molar-refractivity contribution in [2.24, 2.45) is 0 Å². The Morgan fingerprint density at radius 3 is 2.85 bits per heavy atom. The maximum Gasteiger partial charge on any atom is 0.181 e. The summed E-state index contributed by atoms with van der Waals surface area (Å²) in [6.07, 6.45) is 2.23. The number of fused-ring (bicyclic) bond motifs is 1. The molecule has 0 atom stereocenters. The van der Waals surface area contributed by atoms with E-state index in [0.29, 0.717) is 29.6 Å². The van der Waals surface area contributed by atoms with Crippen LogP contribution in [0.2, 0.25) is 0 Å². The number of rotatable bonds is 5. The van der Waals surface area contributed by atoms with Crippen molar-refractivity contribution in [3.63, 3.8) is 0 Å². The highest BCUT2D eigenvalue weighted by molar-refractivity contribution is 5.94. The first-order valence-electron chi connectivity index (χ1n) is 6.45. The molecule has 1 aromatic heterocycles.